The number of aliphatic carboxylic acids is 2. The largest absolute Gasteiger partial charge is 0.481 e. The van der Waals surface area contributed by atoms with Crippen molar-refractivity contribution in [3.05, 3.63) is 12.2 Å². The Labute approximate surface area is 409 Å². The molecule has 71 heavy (non-hydrogen) atoms. The van der Waals surface area contributed by atoms with Crippen LogP contribution in [0.4, 0.5) is 0 Å². The number of likely N-dealkylation sites (tertiary alicyclic amines) is 1. The highest BCUT2D eigenvalue weighted by atomic mass is 16.4. The number of carboxylic acid groups (broad SMARTS) is 2. The molecule has 2 aliphatic rings. The Hall–Kier alpha value is -6.74. The molecule has 398 valence electrons. The Kier molecular flexibility index (Phi) is 25.0. The monoisotopic (exact) mass is 1010 g/mol. The Morgan fingerprint density at radius 2 is 1.34 bits per heavy atom. The van der Waals surface area contributed by atoms with E-state index in [2.05, 4.69) is 37.2 Å². The van der Waals surface area contributed by atoms with E-state index >= 15 is 0 Å². The molecule has 10 amide bonds. The topological polar surface area (TPSA) is 451 Å². The molecule has 0 radical (unpaired) electrons. The van der Waals surface area contributed by atoms with Crippen LogP contribution in [-0.4, -0.2) is 169 Å². The summed E-state index contributed by atoms with van der Waals surface area (Å²) in [6, 6.07) is -13.8. The van der Waals surface area contributed by atoms with Crippen LogP contribution >= 0.6 is 0 Å². The summed E-state index contributed by atoms with van der Waals surface area (Å²) in [6.45, 7) is 5.68. The summed E-state index contributed by atoms with van der Waals surface area (Å²) in [4.78, 5) is 158. The normalized spacial score (nSPS) is 24.6. The zero-order valence-corrected chi connectivity index (χ0v) is 40.3. The van der Waals surface area contributed by atoms with E-state index in [4.69, 9.17) is 17.2 Å². The van der Waals surface area contributed by atoms with Gasteiger partial charge in [-0.1, -0.05) is 26.0 Å². The van der Waals surface area contributed by atoms with Gasteiger partial charge in [-0.15, -0.1) is 0 Å². The van der Waals surface area contributed by atoms with E-state index in [0.717, 1.165) is 6.92 Å². The van der Waals surface area contributed by atoms with Crippen molar-refractivity contribution in [3.63, 3.8) is 0 Å². The fraction of sp³-hybridized carbons (Fsp3) is 0.682. The second kappa shape index (κ2) is 29.4. The number of allylic oxidation sites excluding steroid dienone is 2. The third-order valence-electron chi connectivity index (χ3n) is 11.7. The quantitative estimate of drug-likeness (QED) is 0.0540. The van der Waals surface area contributed by atoms with Gasteiger partial charge in [0.05, 0.1) is 18.6 Å². The lowest BCUT2D eigenvalue weighted by atomic mass is 10.0. The maximum absolute atomic E-state index is 14.0. The lowest BCUT2D eigenvalue weighted by molar-refractivity contribution is -0.150. The van der Waals surface area contributed by atoms with Crippen molar-refractivity contribution in [2.24, 2.45) is 23.1 Å². The summed E-state index contributed by atoms with van der Waals surface area (Å²) in [7, 11) is 0. The van der Waals surface area contributed by atoms with Gasteiger partial charge >= 0.3 is 11.9 Å². The highest BCUT2D eigenvalue weighted by Crippen LogP contribution is 2.21. The smallest absolute Gasteiger partial charge is 0.326 e. The van der Waals surface area contributed by atoms with E-state index in [0.29, 0.717) is 6.42 Å². The molecule has 1 fully saturated rings. The highest BCUT2D eigenvalue weighted by Gasteiger charge is 2.40. The van der Waals surface area contributed by atoms with Gasteiger partial charge in [0.15, 0.2) is 0 Å². The van der Waals surface area contributed by atoms with E-state index in [1.165, 1.54) is 11.8 Å². The molecular formula is C44H71N11O16. The van der Waals surface area contributed by atoms with Gasteiger partial charge < -0.3 is 79.7 Å². The number of carbonyl (C=O) groups excluding carboxylic acids is 10. The van der Waals surface area contributed by atoms with Crippen molar-refractivity contribution in [3.8, 4) is 0 Å². The van der Waals surface area contributed by atoms with E-state index in [1.54, 1.807) is 26.0 Å². The van der Waals surface area contributed by atoms with Gasteiger partial charge in [-0.25, -0.2) is 4.79 Å². The first kappa shape index (κ1) is 60.4. The van der Waals surface area contributed by atoms with Crippen LogP contribution in [0, 0.1) is 5.92 Å². The molecule has 11 atom stereocenters. The molecular weight excluding hydrogens is 939 g/mol. The first-order valence-corrected chi connectivity index (χ1v) is 23.5. The first-order chi connectivity index (χ1) is 33.2. The molecule has 0 aromatic carbocycles. The van der Waals surface area contributed by atoms with Crippen molar-refractivity contribution in [2.45, 2.75) is 178 Å². The maximum atomic E-state index is 14.0. The van der Waals surface area contributed by atoms with Crippen molar-refractivity contribution in [2.75, 3.05) is 6.54 Å². The van der Waals surface area contributed by atoms with Gasteiger partial charge in [-0.3, -0.25) is 52.7 Å². The van der Waals surface area contributed by atoms with E-state index < -0.39 is 176 Å². The average Bonchev–Trinajstić information content (AvgIpc) is 3.79. The van der Waals surface area contributed by atoms with E-state index in [9.17, 15) is 78.0 Å². The molecule has 27 nitrogen and oxygen atoms in total. The van der Waals surface area contributed by atoms with Crippen LogP contribution in [0.1, 0.15) is 111 Å². The molecule has 2 rings (SSSR count). The molecule has 2 aliphatic heterocycles. The third-order valence-corrected chi connectivity index (χ3v) is 11.7. The Morgan fingerprint density at radius 3 is 1.89 bits per heavy atom. The Balaban J connectivity index is 2.61. The molecule has 0 bridgehead atoms. The van der Waals surface area contributed by atoms with Crippen molar-refractivity contribution < 1.29 is 78.0 Å². The molecule has 0 spiro atoms. The molecule has 17 N–H and O–H groups in total. The number of aliphatic hydroxyl groups is 2. The SMILES string of the molecule is CC(C)[C@H](NC(=O)[C@@H]1CCC/C=C\CCC[C@H](NC(=O)[C@H](CCC(=O)O)NC(=O)[C@@H](N)[C@@H](C)O)C(=O)N[C@@H](CCC(N)=O)C(=O)N[C@@H]([C@@H](C)O)C(=O)N[C@@H](CC(N)=O)C(=O)N1)C(=O)N1CCC[C@H]1C(=O)O. The minimum atomic E-state index is -1.93. The number of amides is 10. The molecule has 27 heteroatoms. The number of nitrogens with two attached hydrogens (primary N) is 3. The summed E-state index contributed by atoms with van der Waals surface area (Å²) < 4.78 is 0. The molecule has 1 saturated heterocycles. The van der Waals surface area contributed by atoms with Crippen LogP contribution in [0.2, 0.25) is 0 Å². The van der Waals surface area contributed by atoms with Crippen molar-refractivity contribution in [1.82, 2.24) is 42.1 Å². The van der Waals surface area contributed by atoms with Crippen LogP contribution in [0.5, 0.6) is 0 Å². The maximum Gasteiger partial charge on any atom is 0.326 e. The third kappa shape index (κ3) is 20.3. The fourth-order valence-electron chi connectivity index (χ4n) is 7.61. The van der Waals surface area contributed by atoms with Crippen LogP contribution < -0.4 is 54.4 Å². The summed E-state index contributed by atoms with van der Waals surface area (Å²) in [5, 5.41) is 56.3. The lowest BCUT2D eigenvalue weighted by Gasteiger charge is -2.31. The standard InChI is InChI=1S/C44H71N11O16/c1-21(2)34(43(69)55-19-11-14-29(55)44(70)71)53-38(64)25-13-10-8-6-5-7-9-12-24(48-37(63)27(16-18-32(60)61)51-41(67)33(47)22(3)56)36(62)50-26(15-17-30(45)58)39(65)54-35(23(4)57)42(68)52-28(20-31(46)59)40(66)49-25/h5-6,21-29,33-35,56-57H,7-20,47H2,1-4H3,(H2,45,58)(H2,46,59)(H,48,63)(H,49,66)(H,50,62)(H,51,67)(H,52,68)(H,53,64)(H,54,65)(H,60,61)(H,70,71)/b6-5-/t22-,23-,24+,25+,26+,27+,28+,29+,33+,34+,35+/m1/s1. The van der Waals surface area contributed by atoms with Gasteiger partial charge in [0.2, 0.25) is 59.1 Å². The van der Waals surface area contributed by atoms with Crippen LogP contribution in [0.3, 0.4) is 0 Å². The second-order valence-electron chi connectivity index (χ2n) is 18.0. The summed E-state index contributed by atoms with van der Waals surface area (Å²) >= 11 is 0. The predicted molar refractivity (Wildman–Crippen MR) is 248 cm³/mol. The molecule has 0 aromatic rings. The average molecular weight is 1010 g/mol. The number of rotatable bonds is 19. The zero-order chi connectivity index (χ0) is 53.7. The fourth-order valence-corrected chi connectivity index (χ4v) is 7.61. The number of nitrogens with one attached hydrogen (secondary N) is 7. The molecule has 0 saturated carbocycles. The number of hydrogen-bond acceptors (Lipinski definition) is 15. The minimum absolute atomic E-state index is 0.0886. The van der Waals surface area contributed by atoms with Crippen molar-refractivity contribution in [1.29, 1.82) is 0 Å². The van der Waals surface area contributed by atoms with E-state index in [-0.39, 0.29) is 51.5 Å². The molecule has 2 heterocycles. The number of carbonyl (C=O) groups is 12. The Morgan fingerprint density at radius 1 is 0.732 bits per heavy atom. The predicted octanol–water partition coefficient (Wildman–Crippen LogP) is -4.88. The van der Waals surface area contributed by atoms with Gasteiger partial charge in [0, 0.05) is 19.4 Å². The summed E-state index contributed by atoms with van der Waals surface area (Å²) in [6.07, 6.45) is -1.33. The van der Waals surface area contributed by atoms with Gasteiger partial charge in [0.25, 0.3) is 0 Å². The second-order valence-corrected chi connectivity index (χ2v) is 18.0. The lowest BCUT2D eigenvalue weighted by Crippen LogP contribution is -2.62. The first-order valence-electron chi connectivity index (χ1n) is 23.5. The molecule has 0 aliphatic carbocycles. The minimum Gasteiger partial charge on any atom is -0.481 e. The molecule has 0 aromatic heterocycles. The number of aliphatic hydroxyl groups excluding tert-OH is 2. The number of carboxylic acids is 2. The zero-order valence-electron chi connectivity index (χ0n) is 40.3. The van der Waals surface area contributed by atoms with Crippen LogP contribution in [0.25, 0.3) is 0 Å². The van der Waals surface area contributed by atoms with Gasteiger partial charge in [-0.05, 0) is 84.0 Å². The highest BCUT2D eigenvalue weighted by molar-refractivity contribution is 5.99. The van der Waals surface area contributed by atoms with Gasteiger partial charge in [0.1, 0.15) is 54.4 Å². The van der Waals surface area contributed by atoms with E-state index in [1.807, 2.05) is 0 Å². The van der Waals surface area contributed by atoms with Crippen LogP contribution in [0.15, 0.2) is 12.2 Å². The van der Waals surface area contributed by atoms with Crippen LogP contribution in [-0.2, 0) is 57.5 Å². The van der Waals surface area contributed by atoms with Crippen molar-refractivity contribution >= 4 is 71.0 Å². The number of nitrogens with zero attached hydrogens (tertiary/aromatic N) is 1. The summed E-state index contributed by atoms with van der Waals surface area (Å²) in [5.74, 6) is -13.3. The number of primary amides is 2. The Bertz CT molecular complexity index is 1980. The van der Waals surface area contributed by atoms with Gasteiger partial charge in [-0.2, -0.15) is 0 Å². The number of hydrogen-bond donors (Lipinski definition) is 14. The molecule has 0 unspecified atom stereocenters. The summed E-state index contributed by atoms with van der Waals surface area (Å²) in [5.41, 5.74) is 16.5.